The van der Waals surface area contributed by atoms with E-state index in [0.29, 0.717) is 67.6 Å². The van der Waals surface area contributed by atoms with E-state index in [9.17, 15) is 19.5 Å². The monoisotopic (exact) mass is 647 g/mol. The van der Waals surface area contributed by atoms with E-state index in [1.54, 1.807) is 24.7 Å². The molecule has 11 nitrogen and oxygen atoms in total. The number of likely N-dealkylation sites (tertiary alicyclic amines) is 1. The fraction of sp³-hybridized carbons (Fsp3) is 0.472. The van der Waals surface area contributed by atoms with Gasteiger partial charge in [0.15, 0.2) is 11.5 Å². The highest BCUT2D eigenvalue weighted by atomic mass is 16.6. The van der Waals surface area contributed by atoms with E-state index in [-0.39, 0.29) is 23.3 Å². The van der Waals surface area contributed by atoms with E-state index < -0.39 is 11.6 Å². The second-order valence-electron chi connectivity index (χ2n) is 13.0. The zero-order valence-electron chi connectivity index (χ0n) is 27.9. The Morgan fingerprint density at radius 2 is 1.74 bits per heavy atom. The van der Waals surface area contributed by atoms with Crippen molar-refractivity contribution < 1.29 is 33.6 Å². The smallest absolute Gasteiger partial charge is 0.410 e. The van der Waals surface area contributed by atoms with E-state index in [2.05, 4.69) is 4.90 Å². The maximum absolute atomic E-state index is 13.5. The summed E-state index contributed by atoms with van der Waals surface area (Å²) < 4.78 is 24.4. The zero-order chi connectivity index (χ0) is 33.7. The minimum Gasteiger partial charge on any atom is -0.497 e. The Morgan fingerprint density at radius 1 is 1.02 bits per heavy atom. The van der Waals surface area contributed by atoms with Gasteiger partial charge in [0, 0.05) is 61.9 Å². The van der Waals surface area contributed by atoms with Crippen molar-refractivity contribution in [3.63, 3.8) is 0 Å². The van der Waals surface area contributed by atoms with Crippen molar-refractivity contribution in [2.75, 3.05) is 40.0 Å². The number of amides is 1. The van der Waals surface area contributed by atoms with Crippen LogP contribution in [0, 0.1) is 0 Å². The molecule has 0 unspecified atom stereocenters. The van der Waals surface area contributed by atoms with Gasteiger partial charge in [0.25, 0.3) is 5.56 Å². The van der Waals surface area contributed by atoms with Crippen LogP contribution in [0.3, 0.4) is 0 Å². The van der Waals surface area contributed by atoms with E-state index in [4.69, 9.17) is 18.9 Å². The number of ether oxygens (including phenoxy) is 4. The Hall–Kier alpha value is -4.51. The molecule has 2 aliphatic heterocycles. The first kappa shape index (κ1) is 33.8. The van der Waals surface area contributed by atoms with Crippen molar-refractivity contribution >= 4 is 29.0 Å². The number of nitrogens with zero attached hydrogens (tertiary/aromatic N) is 3. The molecule has 11 heteroatoms. The molecule has 5 rings (SSSR count). The predicted octanol–water partition coefficient (Wildman–Crippen LogP) is 5.56. The van der Waals surface area contributed by atoms with Crippen molar-refractivity contribution in [3.05, 3.63) is 69.5 Å². The molecule has 3 heterocycles. The number of hydrogen-bond donors (Lipinski definition) is 1. The van der Waals surface area contributed by atoms with Crippen molar-refractivity contribution in [2.45, 2.75) is 71.7 Å². The van der Waals surface area contributed by atoms with Crippen LogP contribution in [0.5, 0.6) is 17.2 Å². The summed E-state index contributed by atoms with van der Waals surface area (Å²) in [4.78, 5) is 42.7. The second-order valence-corrected chi connectivity index (χ2v) is 13.0. The van der Waals surface area contributed by atoms with Crippen molar-refractivity contribution in [3.8, 4) is 17.2 Å². The minimum absolute atomic E-state index is 0.0184. The maximum Gasteiger partial charge on any atom is 0.410 e. The van der Waals surface area contributed by atoms with Crippen LogP contribution in [0.25, 0.3) is 17.0 Å². The number of carboxylic acids is 1. The first-order chi connectivity index (χ1) is 22.5. The number of benzene rings is 2. The first-order valence-electron chi connectivity index (χ1n) is 16.2. The molecule has 47 heavy (non-hydrogen) atoms. The topological polar surface area (TPSA) is 120 Å². The van der Waals surface area contributed by atoms with Gasteiger partial charge in [0.05, 0.1) is 12.6 Å². The Labute approximate surface area is 275 Å². The van der Waals surface area contributed by atoms with Crippen LogP contribution < -0.4 is 19.8 Å². The van der Waals surface area contributed by atoms with Crippen molar-refractivity contribution in [1.82, 2.24) is 14.4 Å². The molecule has 0 aliphatic carbocycles. The molecule has 0 radical (unpaired) electrons. The van der Waals surface area contributed by atoms with E-state index in [0.717, 1.165) is 36.9 Å². The average Bonchev–Trinajstić information content (AvgIpc) is 3.04. The molecule has 0 atom stereocenters. The number of aromatic nitrogens is 1. The highest BCUT2D eigenvalue weighted by Crippen LogP contribution is 2.32. The van der Waals surface area contributed by atoms with Gasteiger partial charge in [-0.25, -0.2) is 9.59 Å². The number of rotatable bonds is 10. The average molecular weight is 648 g/mol. The summed E-state index contributed by atoms with van der Waals surface area (Å²) in [6, 6.07) is 12.8. The van der Waals surface area contributed by atoms with E-state index in [1.165, 1.54) is 6.07 Å². The summed E-state index contributed by atoms with van der Waals surface area (Å²) in [5.41, 5.74) is 1.61. The summed E-state index contributed by atoms with van der Waals surface area (Å²) in [5, 5.41) is 10.4. The first-order valence-corrected chi connectivity index (χ1v) is 16.2. The van der Waals surface area contributed by atoms with Crippen LogP contribution in [-0.2, 0) is 22.6 Å². The van der Waals surface area contributed by atoms with Crippen LogP contribution >= 0.6 is 0 Å². The molecule has 252 valence electrons. The fourth-order valence-corrected chi connectivity index (χ4v) is 6.11. The van der Waals surface area contributed by atoms with Gasteiger partial charge in [0.2, 0.25) is 0 Å². The molecule has 1 aromatic heterocycles. The highest BCUT2D eigenvalue weighted by molar-refractivity contribution is 5.97. The third-order valence-corrected chi connectivity index (χ3v) is 8.56. The van der Waals surface area contributed by atoms with Crippen LogP contribution in [0.2, 0.25) is 0 Å². The van der Waals surface area contributed by atoms with Crippen LogP contribution in [0.4, 0.5) is 4.79 Å². The lowest BCUT2D eigenvalue weighted by atomic mass is 10.0. The molecule has 0 spiro atoms. The van der Waals surface area contributed by atoms with Gasteiger partial charge in [-0.15, -0.1) is 0 Å². The number of carbonyl (C=O) groups is 2. The van der Waals surface area contributed by atoms with Crippen molar-refractivity contribution in [1.29, 1.82) is 0 Å². The molecule has 3 aromatic rings. The third kappa shape index (κ3) is 8.26. The summed E-state index contributed by atoms with van der Waals surface area (Å²) in [6.45, 7) is 11.4. The summed E-state index contributed by atoms with van der Waals surface area (Å²) in [5.74, 6) is 1.00. The van der Waals surface area contributed by atoms with Gasteiger partial charge in [0.1, 0.15) is 24.6 Å². The Morgan fingerprint density at radius 3 is 2.40 bits per heavy atom. The second kappa shape index (κ2) is 14.5. The Balaban J connectivity index is 1.31. The molecule has 1 fully saturated rings. The highest BCUT2D eigenvalue weighted by Gasteiger charge is 2.31. The number of fused-ring (bicyclic) bond motifs is 2. The number of aliphatic carboxylic acids is 1. The summed E-state index contributed by atoms with van der Waals surface area (Å²) in [6.07, 6.45) is 3.09. The van der Waals surface area contributed by atoms with Crippen LogP contribution in [0.15, 0.2) is 52.8 Å². The lowest BCUT2D eigenvalue weighted by Gasteiger charge is -2.39. The standard InChI is InChI=1S/C36H45N3O8/c1-6-25(34(41)42)20-26-21-33(40)38(30-22-28(44-5)8-9-29(26)30)16-15-37-13-11-27(12-14-37)39(35(43)47-36(2,3)4)23-24-7-10-31-32(19-24)46-18-17-45-31/h7-10,19-22,27H,6,11-18,23H2,1-5H3,(H,41,42). The molecule has 0 bridgehead atoms. The number of piperidine rings is 1. The van der Waals surface area contributed by atoms with Gasteiger partial charge in [-0.2, -0.15) is 0 Å². The quantitative estimate of drug-likeness (QED) is 0.282. The molecular formula is C36H45N3O8. The fourth-order valence-electron chi connectivity index (χ4n) is 6.11. The number of carbonyl (C=O) groups excluding carboxylic acids is 1. The predicted molar refractivity (Wildman–Crippen MR) is 179 cm³/mol. The van der Waals surface area contributed by atoms with Gasteiger partial charge in [-0.1, -0.05) is 13.0 Å². The Bertz CT molecular complexity index is 1700. The third-order valence-electron chi connectivity index (χ3n) is 8.56. The number of pyridine rings is 1. The molecule has 1 saturated heterocycles. The van der Waals surface area contributed by atoms with E-state index in [1.807, 2.05) is 62.1 Å². The maximum atomic E-state index is 13.5. The molecule has 0 saturated carbocycles. The lowest BCUT2D eigenvalue weighted by Crippen LogP contribution is -2.49. The van der Waals surface area contributed by atoms with Gasteiger partial charge < -0.3 is 38.4 Å². The molecule has 2 aliphatic rings. The lowest BCUT2D eigenvalue weighted by molar-refractivity contribution is -0.132. The minimum atomic E-state index is -1.00. The van der Waals surface area contributed by atoms with E-state index >= 15 is 0 Å². The largest absolute Gasteiger partial charge is 0.497 e. The number of methoxy groups -OCH3 is 1. The van der Waals surface area contributed by atoms with Gasteiger partial charge in [-0.3, -0.25) is 4.79 Å². The normalized spacial score (nSPS) is 15.8. The molecule has 1 N–H and O–H groups in total. The van der Waals surface area contributed by atoms with Crippen LogP contribution in [-0.4, -0.2) is 83.1 Å². The van der Waals surface area contributed by atoms with Crippen molar-refractivity contribution in [2.24, 2.45) is 0 Å². The van der Waals surface area contributed by atoms with Gasteiger partial charge >= 0.3 is 12.1 Å². The van der Waals surface area contributed by atoms with Crippen LogP contribution in [0.1, 0.15) is 58.1 Å². The molecular weight excluding hydrogens is 602 g/mol. The Kier molecular flexibility index (Phi) is 10.4. The molecule has 1 amide bonds. The summed E-state index contributed by atoms with van der Waals surface area (Å²) >= 11 is 0. The zero-order valence-corrected chi connectivity index (χ0v) is 27.9. The summed E-state index contributed by atoms with van der Waals surface area (Å²) in [7, 11) is 1.57. The number of carboxylic acid groups (broad SMARTS) is 1. The SMILES string of the molecule is CCC(=Cc1cc(=O)n(CCN2CCC(N(Cc3ccc4c(c3)OCCO4)C(=O)OC(C)(C)C)CC2)c2cc(OC)ccc12)C(=O)O. The number of hydrogen-bond acceptors (Lipinski definition) is 8. The van der Waals surface area contributed by atoms with Gasteiger partial charge in [-0.05, 0) is 81.5 Å². The molecule has 2 aromatic carbocycles.